The van der Waals surface area contributed by atoms with Crippen LogP contribution in [0.25, 0.3) is 6.08 Å². The number of nitriles is 1. The maximum absolute atomic E-state index is 12.6. The van der Waals surface area contributed by atoms with Gasteiger partial charge in [0.15, 0.2) is 11.5 Å². The summed E-state index contributed by atoms with van der Waals surface area (Å²) in [6, 6.07) is 18.7. The molecule has 1 amide bonds. The van der Waals surface area contributed by atoms with Crippen molar-refractivity contribution in [2.75, 3.05) is 11.9 Å². The molecule has 0 radical (unpaired) electrons. The molecular formula is C25H19BrIN3O5. The lowest BCUT2D eigenvalue weighted by Crippen LogP contribution is -2.13. The van der Waals surface area contributed by atoms with Gasteiger partial charge in [-0.15, -0.1) is 0 Å². The van der Waals surface area contributed by atoms with Crippen molar-refractivity contribution in [3.8, 4) is 17.6 Å². The van der Waals surface area contributed by atoms with Gasteiger partial charge in [0.2, 0.25) is 0 Å². The Hall–Kier alpha value is -3.43. The fraction of sp³-hybridized carbons (Fsp3) is 0.120. The Morgan fingerprint density at radius 2 is 1.94 bits per heavy atom. The summed E-state index contributed by atoms with van der Waals surface area (Å²) in [7, 11) is 0. The summed E-state index contributed by atoms with van der Waals surface area (Å²) in [5.74, 6) is 0.330. The van der Waals surface area contributed by atoms with Crippen LogP contribution < -0.4 is 14.8 Å². The molecule has 178 valence electrons. The molecule has 0 spiro atoms. The van der Waals surface area contributed by atoms with E-state index >= 15 is 0 Å². The molecule has 1 N–H and O–H groups in total. The van der Waals surface area contributed by atoms with Crippen LogP contribution in [-0.2, 0) is 11.4 Å². The van der Waals surface area contributed by atoms with E-state index in [9.17, 15) is 20.2 Å². The number of non-ortho nitro benzene ring substituents is 1. The third-order valence-corrected chi connectivity index (χ3v) is 5.88. The van der Waals surface area contributed by atoms with E-state index in [0.717, 1.165) is 9.13 Å². The van der Waals surface area contributed by atoms with E-state index in [4.69, 9.17) is 9.47 Å². The highest BCUT2D eigenvalue weighted by Crippen LogP contribution is 2.38. The number of nitrogens with zero attached hydrogens (tertiary/aromatic N) is 2. The number of halogens is 2. The highest BCUT2D eigenvalue weighted by molar-refractivity contribution is 14.1. The predicted molar refractivity (Wildman–Crippen MR) is 144 cm³/mol. The third kappa shape index (κ3) is 7.27. The highest BCUT2D eigenvalue weighted by atomic mass is 127. The van der Waals surface area contributed by atoms with Crippen molar-refractivity contribution < 1.29 is 19.2 Å². The van der Waals surface area contributed by atoms with Crippen molar-refractivity contribution in [3.05, 3.63) is 95.5 Å². The second-order valence-electron chi connectivity index (χ2n) is 7.11. The molecule has 10 heteroatoms. The molecule has 0 saturated carbocycles. The van der Waals surface area contributed by atoms with Crippen LogP contribution in [0, 0.1) is 25.0 Å². The monoisotopic (exact) mass is 647 g/mol. The lowest BCUT2D eigenvalue weighted by molar-refractivity contribution is -0.384. The van der Waals surface area contributed by atoms with Gasteiger partial charge in [-0.25, -0.2) is 0 Å². The zero-order valence-corrected chi connectivity index (χ0v) is 22.2. The first-order chi connectivity index (χ1) is 16.8. The molecule has 35 heavy (non-hydrogen) atoms. The van der Waals surface area contributed by atoms with Crippen molar-refractivity contribution in [1.29, 1.82) is 5.26 Å². The second-order valence-corrected chi connectivity index (χ2v) is 9.21. The summed E-state index contributed by atoms with van der Waals surface area (Å²) in [4.78, 5) is 23.0. The molecule has 0 heterocycles. The quantitative estimate of drug-likeness (QED) is 0.0934. The van der Waals surface area contributed by atoms with Gasteiger partial charge in [-0.3, -0.25) is 14.9 Å². The first-order valence-corrected chi connectivity index (χ1v) is 12.2. The molecule has 0 fully saturated rings. The van der Waals surface area contributed by atoms with E-state index in [2.05, 4.69) is 43.8 Å². The van der Waals surface area contributed by atoms with Gasteiger partial charge in [-0.05, 0) is 105 Å². The molecule has 3 aromatic rings. The number of benzene rings is 3. The molecule has 0 aromatic heterocycles. The highest BCUT2D eigenvalue weighted by Gasteiger charge is 2.15. The summed E-state index contributed by atoms with van der Waals surface area (Å²) in [6.45, 7) is 2.35. The summed E-state index contributed by atoms with van der Waals surface area (Å²) < 4.78 is 13.2. The van der Waals surface area contributed by atoms with Crippen molar-refractivity contribution in [2.24, 2.45) is 0 Å². The number of nitrogens with one attached hydrogen (secondary N) is 1. The summed E-state index contributed by atoms with van der Waals surface area (Å²) in [5, 5.41) is 23.1. The van der Waals surface area contributed by atoms with Gasteiger partial charge in [0, 0.05) is 21.4 Å². The normalized spacial score (nSPS) is 10.9. The lowest BCUT2D eigenvalue weighted by atomic mass is 10.1. The van der Waals surface area contributed by atoms with Gasteiger partial charge in [-0.2, -0.15) is 5.26 Å². The molecule has 0 atom stereocenters. The number of hydrogen-bond donors (Lipinski definition) is 1. The van der Waals surface area contributed by atoms with E-state index in [0.29, 0.717) is 33.8 Å². The van der Waals surface area contributed by atoms with Crippen LogP contribution in [0.1, 0.15) is 18.1 Å². The van der Waals surface area contributed by atoms with Crippen LogP contribution in [0.4, 0.5) is 11.4 Å². The Morgan fingerprint density at radius 3 is 2.57 bits per heavy atom. The van der Waals surface area contributed by atoms with Crippen molar-refractivity contribution >= 4 is 61.9 Å². The average Bonchev–Trinajstić information content (AvgIpc) is 2.82. The van der Waals surface area contributed by atoms with Gasteiger partial charge >= 0.3 is 0 Å². The minimum absolute atomic E-state index is 0.000379. The number of rotatable bonds is 9. The zero-order valence-electron chi connectivity index (χ0n) is 18.5. The summed E-state index contributed by atoms with van der Waals surface area (Å²) in [5.41, 5.74) is 1.83. The number of carbonyl (C=O) groups excluding carboxylic acids is 1. The Labute approximate surface area is 224 Å². The zero-order chi connectivity index (χ0) is 25.4. The van der Waals surface area contributed by atoms with Crippen molar-refractivity contribution in [1.82, 2.24) is 0 Å². The standard InChI is InChI=1S/C25H19BrIN3O5/c1-2-34-23-12-17(10-18(14-28)25(31)29-20-5-3-4-19(27)13-20)11-22(26)24(23)35-15-16-6-8-21(9-7-16)30(32)33/h3-13H,2,15H2,1H3,(H,29,31)/b18-10+. The summed E-state index contributed by atoms with van der Waals surface area (Å²) >= 11 is 5.62. The minimum Gasteiger partial charge on any atom is -0.490 e. The Bertz CT molecular complexity index is 1320. The molecule has 0 aliphatic rings. The van der Waals surface area contributed by atoms with Crippen LogP contribution in [0.15, 0.2) is 70.7 Å². The minimum atomic E-state index is -0.526. The Morgan fingerprint density at radius 1 is 1.20 bits per heavy atom. The largest absolute Gasteiger partial charge is 0.490 e. The number of hydrogen-bond acceptors (Lipinski definition) is 6. The first kappa shape index (κ1) is 26.2. The van der Waals surface area contributed by atoms with Gasteiger partial charge < -0.3 is 14.8 Å². The fourth-order valence-electron chi connectivity index (χ4n) is 3.02. The molecule has 0 bridgehead atoms. The van der Waals surface area contributed by atoms with Crippen LogP contribution in [-0.4, -0.2) is 17.4 Å². The number of anilines is 1. The smallest absolute Gasteiger partial charge is 0.269 e. The van der Waals surface area contributed by atoms with Gasteiger partial charge in [0.25, 0.3) is 11.6 Å². The van der Waals surface area contributed by atoms with E-state index in [-0.39, 0.29) is 17.9 Å². The Balaban J connectivity index is 1.82. The van der Waals surface area contributed by atoms with Crippen molar-refractivity contribution in [3.63, 3.8) is 0 Å². The van der Waals surface area contributed by atoms with E-state index in [1.54, 1.807) is 36.4 Å². The SMILES string of the molecule is CCOc1cc(/C=C(\C#N)C(=O)Nc2cccc(I)c2)cc(Br)c1OCc1ccc([N+](=O)[O-])cc1. The molecule has 3 aromatic carbocycles. The average molecular weight is 648 g/mol. The topological polar surface area (TPSA) is 114 Å². The molecule has 0 saturated heterocycles. The van der Waals surface area contributed by atoms with E-state index < -0.39 is 10.8 Å². The van der Waals surface area contributed by atoms with E-state index in [1.165, 1.54) is 18.2 Å². The molecule has 3 rings (SSSR count). The molecular weight excluding hydrogens is 629 g/mol. The molecule has 0 aliphatic heterocycles. The van der Waals surface area contributed by atoms with Crippen LogP contribution in [0.2, 0.25) is 0 Å². The number of nitro groups is 1. The van der Waals surface area contributed by atoms with Gasteiger partial charge in [0.1, 0.15) is 18.2 Å². The van der Waals surface area contributed by atoms with Gasteiger partial charge in [0.05, 0.1) is 16.0 Å². The Kier molecular flexibility index (Phi) is 9.22. The molecule has 0 unspecified atom stereocenters. The van der Waals surface area contributed by atoms with Crippen molar-refractivity contribution in [2.45, 2.75) is 13.5 Å². The lowest BCUT2D eigenvalue weighted by Gasteiger charge is -2.15. The number of ether oxygens (including phenoxy) is 2. The first-order valence-electron chi connectivity index (χ1n) is 10.3. The van der Waals surface area contributed by atoms with E-state index in [1.807, 2.05) is 25.1 Å². The van der Waals surface area contributed by atoms with Crippen LogP contribution in [0.3, 0.4) is 0 Å². The van der Waals surface area contributed by atoms with Crippen LogP contribution >= 0.6 is 38.5 Å². The fourth-order valence-corrected chi connectivity index (χ4v) is 4.14. The number of nitro benzene ring substituents is 1. The molecule has 8 nitrogen and oxygen atoms in total. The maximum Gasteiger partial charge on any atom is 0.269 e. The van der Waals surface area contributed by atoms with Crippen LogP contribution in [0.5, 0.6) is 11.5 Å². The molecule has 0 aliphatic carbocycles. The maximum atomic E-state index is 12.6. The third-order valence-electron chi connectivity index (χ3n) is 4.62. The second kappa shape index (κ2) is 12.3. The number of amides is 1. The number of carbonyl (C=O) groups is 1. The van der Waals surface area contributed by atoms with Gasteiger partial charge in [-0.1, -0.05) is 6.07 Å². The predicted octanol–water partition coefficient (Wildman–Crippen LogP) is 6.49. The summed E-state index contributed by atoms with van der Waals surface area (Å²) in [6.07, 6.45) is 1.47.